The predicted molar refractivity (Wildman–Crippen MR) is 115 cm³/mol. The number of aromatic amines is 1. The summed E-state index contributed by atoms with van der Waals surface area (Å²) in [6.07, 6.45) is -2.71. The molecule has 2 rings (SSSR count). The number of nitrogens with zero attached hydrogens (tertiary/aromatic N) is 1. The molecule has 1 aliphatic rings. The van der Waals surface area contributed by atoms with Crippen LogP contribution in [0, 0.1) is 6.92 Å². The number of carbonyl (C=O) groups excluding carboxylic acids is 2. The highest BCUT2D eigenvalue weighted by molar-refractivity contribution is 5.87. The van der Waals surface area contributed by atoms with Crippen molar-refractivity contribution in [1.29, 1.82) is 0 Å². The molecule has 2 heterocycles. The van der Waals surface area contributed by atoms with Crippen molar-refractivity contribution in [3.63, 3.8) is 0 Å². The second-order valence-electron chi connectivity index (χ2n) is 7.69. The number of aliphatic hydroxyl groups excluding tert-OH is 4. The van der Waals surface area contributed by atoms with Crippen LogP contribution < -0.4 is 26.8 Å². The molecule has 1 aromatic heterocycles. The first-order chi connectivity index (χ1) is 15.7. The Labute approximate surface area is 189 Å². The van der Waals surface area contributed by atoms with Gasteiger partial charge in [0, 0.05) is 24.8 Å². The molecule has 0 saturated carbocycles. The second-order valence-corrected chi connectivity index (χ2v) is 7.69. The van der Waals surface area contributed by atoms with Crippen molar-refractivity contribution in [3.05, 3.63) is 22.1 Å². The summed E-state index contributed by atoms with van der Waals surface area (Å²) in [5.41, 5.74) is 0.135. The maximum atomic E-state index is 11.9. The summed E-state index contributed by atoms with van der Waals surface area (Å²) in [5, 5.41) is 48.7. The smallest absolute Gasteiger partial charge is 0.321 e. The number of hydrogen-bond acceptors (Lipinski definition) is 9. The quantitative estimate of drug-likeness (QED) is 0.169. The van der Waals surface area contributed by atoms with Crippen LogP contribution in [0.25, 0.3) is 0 Å². The monoisotopic (exact) mass is 472 g/mol. The minimum Gasteiger partial charge on any atom is -0.394 e. The third kappa shape index (κ3) is 8.58. The van der Waals surface area contributed by atoms with Crippen LogP contribution in [-0.2, 0) is 4.74 Å². The van der Waals surface area contributed by atoms with Gasteiger partial charge in [0.1, 0.15) is 24.4 Å². The summed E-state index contributed by atoms with van der Waals surface area (Å²) in [6, 6.07) is -1.05. The number of urea groups is 2. The third-order valence-electron chi connectivity index (χ3n) is 4.97. The molecule has 0 aromatic carbocycles. The van der Waals surface area contributed by atoms with Gasteiger partial charge in [-0.15, -0.1) is 0 Å². The Kier molecular flexibility index (Phi) is 10.5. The fourth-order valence-corrected chi connectivity index (χ4v) is 3.25. The second kappa shape index (κ2) is 13.1. The summed E-state index contributed by atoms with van der Waals surface area (Å²) >= 11 is 0. The molecule has 1 saturated heterocycles. The SMILES string of the molecule is Cc1cc(=O)[nH]c(NC(=O)NCCCCCCNC(=O)NC2C(O)OC(CO)C(O)C2O)n1. The Bertz CT molecular complexity index is 837. The predicted octanol–water partition coefficient (Wildman–Crippen LogP) is -2.14. The molecule has 4 amide bonds. The number of ether oxygens (including phenoxy) is 1. The topological polar surface area (TPSA) is 218 Å². The molecule has 9 N–H and O–H groups in total. The molecule has 0 spiro atoms. The van der Waals surface area contributed by atoms with E-state index in [9.17, 15) is 29.7 Å². The highest BCUT2D eigenvalue weighted by Gasteiger charge is 2.44. The van der Waals surface area contributed by atoms with E-state index in [0.29, 0.717) is 31.6 Å². The van der Waals surface area contributed by atoms with Gasteiger partial charge < -0.3 is 41.1 Å². The van der Waals surface area contributed by atoms with Gasteiger partial charge in [-0.2, -0.15) is 0 Å². The summed E-state index contributed by atoms with van der Waals surface area (Å²) in [6.45, 7) is 1.82. The number of H-pyrrole nitrogens is 1. The van der Waals surface area contributed by atoms with Crippen LogP contribution in [0.15, 0.2) is 10.9 Å². The molecule has 0 aliphatic carbocycles. The molecule has 14 heteroatoms. The summed E-state index contributed by atoms with van der Waals surface area (Å²) in [4.78, 5) is 41.5. The van der Waals surface area contributed by atoms with Gasteiger partial charge >= 0.3 is 12.1 Å². The zero-order valence-corrected chi connectivity index (χ0v) is 18.3. The molecule has 1 aliphatic heterocycles. The standard InChI is InChI=1S/C19H32N6O8/c1-10-8-12(27)23-17(22-10)25-19(32)21-7-5-3-2-4-6-20-18(31)24-13-15(29)14(28)11(9-26)33-16(13)30/h8,11,13-16,26,28-30H,2-7,9H2,1H3,(H2,20,24,31)(H3,21,22,23,25,27,32). The van der Waals surface area contributed by atoms with Gasteiger partial charge in [0.05, 0.1) is 6.61 Å². The number of amides is 4. The zero-order chi connectivity index (χ0) is 24.4. The van der Waals surface area contributed by atoms with Crippen LogP contribution in [0.1, 0.15) is 31.4 Å². The lowest BCUT2D eigenvalue weighted by molar-refractivity contribution is -0.252. The Morgan fingerprint density at radius 3 is 2.30 bits per heavy atom. The number of unbranched alkanes of at least 4 members (excludes halogenated alkanes) is 3. The number of aliphatic hydroxyl groups is 4. The van der Waals surface area contributed by atoms with E-state index in [1.165, 1.54) is 6.07 Å². The lowest BCUT2D eigenvalue weighted by Crippen LogP contribution is -2.65. The number of carbonyl (C=O) groups is 2. The third-order valence-corrected chi connectivity index (χ3v) is 4.97. The lowest BCUT2D eigenvalue weighted by atomic mass is 9.97. The van der Waals surface area contributed by atoms with Crippen LogP contribution in [0.5, 0.6) is 0 Å². The molecule has 1 aromatic rings. The fourth-order valence-electron chi connectivity index (χ4n) is 3.25. The molecule has 0 radical (unpaired) electrons. The Hall–Kier alpha value is -2.78. The van der Waals surface area contributed by atoms with Crippen molar-refractivity contribution in [2.24, 2.45) is 0 Å². The van der Waals surface area contributed by atoms with E-state index in [-0.39, 0.29) is 11.5 Å². The van der Waals surface area contributed by atoms with Gasteiger partial charge in [-0.3, -0.25) is 15.1 Å². The number of nitrogens with one attached hydrogen (secondary N) is 5. The van der Waals surface area contributed by atoms with Crippen molar-refractivity contribution in [1.82, 2.24) is 25.9 Å². The minimum atomic E-state index is -1.57. The van der Waals surface area contributed by atoms with E-state index in [1.807, 2.05) is 0 Å². The fraction of sp³-hybridized carbons (Fsp3) is 0.684. The first kappa shape index (κ1) is 26.5. The molecular weight excluding hydrogens is 440 g/mol. The molecule has 1 fully saturated rings. The summed E-state index contributed by atoms with van der Waals surface area (Å²) in [7, 11) is 0. The van der Waals surface area contributed by atoms with Crippen molar-refractivity contribution >= 4 is 18.0 Å². The lowest BCUT2D eigenvalue weighted by Gasteiger charge is -2.40. The van der Waals surface area contributed by atoms with Gasteiger partial charge in [0.2, 0.25) is 5.95 Å². The maximum Gasteiger partial charge on any atom is 0.321 e. The molecule has 0 bridgehead atoms. The highest BCUT2D eigenvalue weighted by Crippen LogP contribution is 2.19. The normalized spacial score (nSPS) is 24.7. The molecule has 5 atom stereocenters. The number of anilines is 1. The number of aryl methyl sites for hydroxylation is 1. The minimum absolute atomic E-state index is 0.0735. The first-order valence-electron chi connectivity index (χ1n) is 10.7. The molecular formula is C19H32N6O8. The average Bonchev–Trinajstić information content (AvgIpc) is 2.74. The summed E-state index contributed by atoms with van der Waals surface area (Å²) < 4.78 is 4.97. The zero-order valence-electron chi connectivity index (χ0n) is 18.3. The van der Waals surface area contributed by atoms with Crippen molar-refractivity contribution < 1.29 is 34.8 Å². The van der Waals surface area contributed by atoms with Gasteiger partial charge in [0.25, 0.3) is 5.56 Å². The Morgan fingerprint density at radius 2 is 1.70 bits per heavy atom. The van der Waals surface area contributed by atoms with E-state index < -0.39 is 49.3 Å². The van der Waals surface area contributed by atoms with Crippen LogP contribution >= 0.6 is 0 Å². The van der Waals surface area contributed by atoms with Gasteiger partial charge in [-0.1, -0.05) is 12.8 Å². The molecule has 5 unspecified atom stereocenters. The largest absolute Gasteiger partial charge is 0.394 e. The highest BCUT2D eigenvalue weighted by atomic mass is 16.6. The average molecular weight is 472 g/mol. The summed E-state index contributed by atoms with van der Waals surface area (Å²) in [5.74, 6) is 0.0735. The first-order valence-corrected chi connectivity index (χ1v) is 10.7. The van der Waals surface area contributed by atoms with Crippen molar-refractivity contribution in [3.8, 4) is 0 Å². The number of aromatic nitrogens is 2. The van der Waals surface area contributed by atoms with Crippen molar-refractivity contribution in [2.45, 2.75) is 63.3 Å². The number of rotatable bonds is 10. The van der Waals surface area contributed by atoms with E-state index in [2.05, 4.69) is 31.2 Å². The van der Waals surface area contributed by atoms with Gasteiger partial charge in [-0.05, 0) is 19.8 Å². The molecule has 33 heavy (non-hydrogen) atoms. The van der Waals surface area contributed by atoms with E-state index in [4.69, 9.17) is 9.84 Å². The van der Waals surface area contributed by atoms with E-state index in [1.54, 1.807) is 6.92 Å². The van der Waals surface area contributed by atoms with E-state index >= 15 is 0 Å². The molecule has 186 valence electrons. The number of hydrogen-bond donors (Lipinski definition) is 9. The Morgan fingerprint density at radius 1 is 1.06 bits per heavy atom. The maximum absolute atomic E-state index is 11.9. The van der Waals surface area contributed by atoms with Gasteiger partial charge in [-0.25, -0.2) is 14.6 Å². The van der Waals surface area contributed by atoms with Crippen LogP contribution in [-0.4, -0.2) is 92.8 Å². The van der Waals surface area contributed by atoms with Crippen molar-refractivity contribution in [2.75, 3.05) is 25.0 Å². The van der Waals surface area contributed by atoms with Crippen LogP contribution in [0.2, 0.25) is 0 Å². The van der Waals surface area contributed by atoms with Crippen LogP contribution in [0.4, 0.5) is 15.5 Å². The van der Waals surface area contributed by atoms with E-state index in [0.717, 1.165) is 12.8 Å². The Balaban J connectivity index is 1.53. The molecule has 14 nitrogen and oxygen atoms in total. The van der Waals surface area contributed by atoms with Crippen LogP contribution in [0.3, 0.4) is 0 Å². The van der Waals surface area contributed by atoms with Gasteiger partial charge in [0.15, 0.2) is 6.29 Å².